The molecule has 0 amide bonds. The molecule has 0 spiro atoms. The van der Waals surface area contributed by atoms with Gasteiger partial charge in [0.2, 0.25) is 11.4 Å². The van der Waals surface area contributed by atoms with E-state index >= 15 is 0 Å². The molecule has 146 valence electrons. The summed E-state index contributed by atoms with van der Waals surface area (Å²) in [5, 5.41) is 11.0. The van der Waals surface area contributed by atoms with E-state index in [1.165, 1.54) is 25.7 Å². The molecule has 29 heavy (non-hydrogen) atoms. The number of carbonyl (C=O) groups excluding carboxylic acids is 2. The van der Waals surface area contributed by atoms with Gasteiger partial charge in [-0.25, -0.2) is 24.6 Å². The zero-order valence-corrected chi connectivity index (χ0v) is 15.3. The first-order chi connectivity index (χ1) is 14.2. The van der Waals surface area contributed by atoms with Crippen LogP contribution in [-0.4, -0.2) is 57.2 Å². The van der Waals surface area contributed by atoms with Crippen molar-refractivity contribution < 1.29 is 19.1 Å². The minimum atomic E-state index is -0.807. The quantitative estimate of drug-likeness (QED) is 0.583. The molecule has 1 unspecified atom stereocenters. The number of methoxy groups -OCH3 is 2. The summed E-state index contributed by atoms with van der Waals surface area (Å²) < 4.78 is 11.4. The van der Waals surface area contributed by atoms with Gasteiger partial charge in [-0.2, -0.15) is 5.12 Å². The van der Waals surface area contributed by atoms with Crippen molar-refractivity contribution >= 4 is 24.1 Å². The molecule has 3 aromatic rings. The maximum absolute atomic E-state index is 12.4. The first kappa shape index (κ1) is 16.9. The second-order valence-corrected chi connectivity index (χ2v) is 6.14. The van der Waals surface area contributed by atoms with Crippen LogP contribution in [0, 0.1) is 0 Å². The van der Waals surface area contributed by atoms with E-state index in [2.05, 4.69) is 20.3 Å². The van der Waals surface area contributed by atoms with Crippen molar-refractivity contribution in [3.63, 3.8) is 0 Å². The Bertz CT molecular complexity index is 1170. The molecule has 0 N–H and O–H groups in total. The van der Waals surface area contributed by atoms with Gasteiger partial charge in [-0.05, 0) is 11.3 Å². The number of imidazole rings is 1. The average molecular weight is 394 g/mol. The standard InChI is InChI=1S/C17H14N8O4/c1-28-16(26)13-14(17(27)29-2)25(21-20-13)23-9-19-15-10-5-3-4-6-11(10)22-8-18-7-12(22)24(15)23/h3-9,15H,1-2H3. The highest BCUT2D eigenvalue weighted by Gasteiger charge is 2.41. The summed E-state index contributed by atoms with van der Waals surface area (Å²) in [5.74, 6) is -0.909. The van der Waals surface area contributed by atoms with Gasteiger partial charge in [0.15, 0.2) is 12.0 Å². The second kappa shape index (κ2) is 6.15. The van der Waals surface area contributed by atoms with Gasteiger partial charge < -0.3 is 9.47 Å². The lowest BCUT2D eigenvalue weighted by Gasteiger charge is -2.36. The summed E-state index contributed by atoms with van der Waals surface area (Å²) in [4.78, 5) is 34.4. The van der Waals surface area contributed by atoms with E-state index in [-0.39, 0.29) is 11.4 Å². The van der Waals surface area contributed by atoms with Crippen LogP contribution in [-0.2, 0) is 9.47 Å². The van der Waals surface area contributed by atoms with E-state index in [1.54, 1.807) is 17.5 Å². The van der Waals surface area contributed by atoms with Crippen LogP contribution in [0.3, 0.4) is 0 Å². The van der Waals surface area contributed by atoms with Gasteiger partial charge in [-0.1, -0.05) is 18.2 Å². The Morgan fingerprint density at radius 1 is 1.10 bits per heavy atom. The van der Waals surface area contributed by atoms with Crippen molar-refractivity contribution in [2.24, 2.45) is 4.99 Å². The van der Waals surface area contributed by atoms with Crippen molar-refractivity contribution in [2.75, 3.05) is 24.3 Å². The van der Waals surface area contributed by atoms with Gasteiger partial charge in [0.05, 0.1) is 26.1 Å². The maximum atomic E-state index is 12.4. The van der Waals surface area contributed by atoms with Gasteiger partial charge in [-0.3, -0.25) is 4.57 Å². The third-order valence-corrected chi connectivity index (χ3v) is 4.70. The summed E-state index contributed by atoms with van der Waals surface area (Å²) in [6.07, 6.45) is 4.43. The smallest absolute Gasteiger partial charge is 0.361 e. The summed E-state index contributed by atoms with van der Waals surface area (Å²) in [5.41, 5.74) is 1.44. The summed E-state index contributed by atoms with van der Waals surface area (Å²) in [7, 11) is 2.39. The summed E-state index contributed by atoms with van der Waals surface area (Å²) in [6, 6.07) is 7.78. The third kappa shape index (κ3) is 2.25. The number of aliphatic imine (C=N–C) groups is 1. The van der Waals surface area contributed by atoms with Crippen LogP contribution in [0.4, 0.5) is 5.82 Å². The highest BCUT2D eigenvalue weighted by atomic mass is 16.5. The first-order valence-corrected chi connectivity index (χ1v) is 8.51. The molecule has 0 saturated carbocycles. The van der Waals surface area contributed by atoms with E-state index < -0.39 is 18.1 Å². The predicted octanol–water partition coefficient (Wildman–Crippen LogP) is 0.451. The van der Waals surface area contributed by atoms with Crippen molar-refractivity contribution in [3.05, 3.63) is 53.7 Å². The average Bonchev–Trinajstić information content (AvgIpc) is 3.49. The van der Waals surface area contributed by atoms with Crippen LogP contribution in [0.5, 0.6) is 0 Å². The number of anilines is 1. The van der Waals surface area contributed by atoms with E-state index in [9.17, 15) is 9.59 Å². The molecular weight excluding hydrogens is 380 g/mol. The molecular formula is C17H14N8O4. The molecule has 2 aromatic heterocycles. The molecule has 5 rings (SSSR count). The number of hydrazine groups is 1. The van der Waals surface area contributed by atoms with E-state index in [0.717, 1.165) is 16.0 Å². The van der Waals surface area contributed by atoms with E-state index in [4.69, 9.17) is 9.47 Å². The van der Waals surface area contributed by atoms with Crippen molar-refractivity contribution in [1.29, 1.82) is 0 Å². The zero-order chi connectivity index (χ0) is 20.1. The van der Waals surface area contributed by atoms with E-state index in [0.29, 0.717) is 5.82 Å². The van der Waals surface area contributed by atoms with Gasteiger partial charge in [0.1, 0.15) is 12.7 Å². The summed E-state index contributed by atoms with van der Waals surface area (Å²) >= 11 is 0. The number of hydrogen-bond donors (Lipinski definition) is 0. The first-order valence-electron chi connectivity index (χ1n) is 8.51. The monoisotopic (exact) mass is 394 g/mol. The second-order valence-electron chi connectivity index (χ2n) is 6.14. The van der Waals surface area contributed by atoms with Crippen molar-refractivity contribution in [1.82, 2.24) is 24.7 Å². The highest BCUT2D eigenvalue weighted by Crippen LogP contribution is 2.41. The number of aromatic nitrogens is 5. The normalized spacial score (nSPS) is 16.3. The van der Waals surface area contributed by atoms with Gasteiger partial charge in [0.25, 0.3) is 0 Å². The SMILES string of the molecule is COC(=O)c1nnn(N2C=NC3c4ccccc4-n4cncc4N32)c1C(=O)OC. The molecule has 12 heteroatoms. The number of nitrogens with zero attached hydrogens (tertiary/aromatic N) is 8. The number of para-hydroxylation sites is 1. The number of carbonyl (C=O) groups is 2. The fraction of sp³-hybridized carbons (Fsp3) is 0.176. The number of esters is 2. The lowest BCUT2D eigenvalue weighted by atomic mass is 10.1. The lowest BCUT2D eigenvalue weighted by Crippen LogP contribution is -2.50. The maximum Gasteiger partial charge on any atom is 0.361 e. The molecule has 1 aromatic carbocycles. The topological polar surface area (TPSA) is 120 Å². The van der Waals surface area contributed by atoms with Gasteiger partial charge in [-0.15, -0.1) is 9.89 Å². The minimum Gasteiger partial charge on any atom is -0.464 e. The minimum absolute atomic E-state index is 0.184. The van der Waals surface area contributed by atoms with Crippen LogP contribution < -0.4 is 10.1 Å². The third-order valence-electron chi connectivity index (χ3n) is 4.70. The molecule has 1 atom stereocenters. The highest BCUT2D eigenvalue weighted by molar-refractivity contribution is 6.00. The lowest BCUT2D eigenvalue weighted by molar-refractivity contribution is 0.0543. The largest absolute Gasteiger partial charge is 0.464 e. The van der Waals surface area contributed by atoms with Crippen LogP contribution in [0.1, 0.15) is 32.7 Å². The Labute approximate surface area is 163 Å². The fourth-order valence-corrected chi connectivity index (χ4v) is 3.43. The van der Waals surface area contributed by atoms with Crippen molar-refractivity contribution in [3.8, 4) is 5.69 Å². The van der Waals surface area contributed by atoms with Crippen LogP contribution >= 0.6 is 0 Å². The molecule has 2 aliphatic rings. The van der Waals surface area contributed by atoms with Gasteiger partial charge in [0, 0.05) is 5.56 Å². The molecule has 0 radical (unpaired) electrons. The molecule has 0 bridgehead atoms. The fourth-order valence-electron chi connectivity index (χ4n) is 3.43. The molecule has 0 fully saturated rings. The molecule has 4 heterocycles. The Kier molecular flexibility index (Phi) is 3.59. The predicted molar refractivity (Wildman–Crippen MR) is 98.2 cm³/mol. The van der Waals surface area contributed by atoms with E-state index in [1.807, 2.05) is 28.8 Å². The Morgan fingerprint density at radius 2 is 1.90 bits per heavy atom. The number of hydrogen-bond acceptors (Lipinski definition) is 10. The molecule has 2 aliphatic heterocycles. The number of ether oxygens (including phenoxy) is 2. The molecule has 0 aliphatic carbocycles. The Hall–Kier alpha value is -4.22. The Balaban J connectivity index is 1.66. The van der Waals surface area contributed by atoms with Crippen LogP contribution in [0.2, 0.25) is 0 Å². The molecule has 12 nitrogen and oxygen atoms in total. The summed E-state index contributed by atoms with van der Waals surface area (Å²) in [6.45, 7) is 0. The number of fused-ring (bicyclic) bond motifs is 6. The molecule has 0 saturated heterocycles. The van der Waals surface area contributed by atoms with Crippen LogP contribution in [0.25, 0.3) is 5.69 Å². The van der Waals surface area contributed by atoms with Crippen molar-refractivity contribution in [2.45, 2.75) is 6.17 Å². The zero-order valence-electron chi connectivity index (χ0n) is 15.3. The van der Waals surface area contributed by atoms with Crippen LogP contribution in [0.15, 0.2) is 41.8 Å². The Morgan fingerprint density at radius 3 is 2.69 bits per heavy atom. The number of rotatable bonds is 3. The number of benzene rings is 1. The van der Waals surface area contributed by atoms with Gasteiger partial charge >= 0.3 is 11.9 Å².